The molecule has 2 aliphatic heterocycles. The van der Waals surface area contributed by atoms with E-state index >= 15 is 0 Å². The van der Waals surface area contributed by atoms with Crippen LogP contribution in [0.2, 0.25) is 0 Å². The van der Waals surface area contributed by atoms with Gasteiger partial charge in [-0.1, -0.05) is 107 Å². The Hall–Kier alpha value is -2.97. The van der Waals surface area contributed by atoms with Crippen LogP contribution in [0, 0.1) is 23.7 Å². The number of amides is 2. The first-order chi connectivity index (χ1) is 34.6. The number of nitrogens with zero attached hydrogens (tertiary/aromatic N) is 3. The molecule has 3 heterocycles. The number of hydrogen-bond acceptors (Lipinski definition) is 18. The average molecular weight is 1030 g/mol. The molecule has 2 saturated heterocycles. The Labute approximate surface area is 425 Å². The third kappa shape index (κ3) is 26.7. The van der Waals surface area contributed by atoms with Crippen LogP contribution in [-0.2, 0) is 51.1 Å². The molecule has 0 bridgehead atoms. The summed E-state index contributed by atoms with van der Waals surface area (Å²) >= 11 is 1.08. The lowest BCUT2D eigenvalue weighted by Crippen LogP contribution is -2.64. The standard InChI is InChI=1S/C50H85N5O15S/c1-2-3-4-5-6-7-8-9-10-11-12-13-14-15-16-17-18-19-20-21-22-23-24-41(58)52-33-38-34-55(54-53-38)26-27-65-28-29-66-30-31-67-37-42(59)51-25-32-71-50-47(64)45(62)48(40(36-57)69-50)70-49-46(63)44(61)43(60)39(35-56)68-49/h34,39-40,43-50,56-57,60-64H,2-12,17-33,35-37H2,1H3,(H,51,59)(H,52,58)/t39-,40-,43+,44-,45-,46?,47-,48-,49+,50+/m1/s1. The van der Waals surface area contributed by atoms with Gasteiger partial charge in [-0.05, 0) is 31.1 Å². The summed E-state index contributed by atoms with van der Waals surface area (Å²) in [5.41, 5.74) is -0.337. The molecular formula is C50H85N5O15S. The van der Waals surface area contributed by atoms with E-state index in [1.807, 2.05) is 0 Å². The number of carbonyl (C=O) groups excluding carboxylic acids is 2. The van der Waals surface area contributed by atoms with Crippen LogP contribution >= 0.6 is 11.8 Å². The Morgan fingerprint density at radius 2 is 1.27 bits per heavy atom. The van der Waals surface area contributed by atoms with E-state index in [-0.39, 0.29) is 43.9 Å². The third-order valence-corrected chi connectivity index (χ3v) is 13.2. The highest BCUT2D eigenvalue weighted by Crippen LogP contribution is 2.32. The molecule has 9 N–H and O–H groups in total. The zero-order valence-corrected chi connectivity index (χ0v) is 42.7. The van der Waals surface area contributed by atoms with Gasteiger partial charge in [-0.15, -0.1) is 16.9 Å². The number of aromatic nitrogens is 3. The second kappa shape index (κ2) is 39.5. The number of nitrogens with one attached hydrogen (secondary N) is 2. The van der Waals surface area contributed by atoms with Crippen LogP contribution in [0.15, 0.2) is 6.20 Å². The van der Waals surface area contributed by atoms with Gasteiger partial charge in [-0.3, -0.25) is 9.59 Å². The van der Waals surface area contributed by atoms with Crippen molar-refractivity contribution >= 4 is 23.6 Å². The van der Waals surface area contributed by atoms with E-state index in [1.165, 1.54) is 64.2 Å². The van der Waals surface area contributed by atoms with Crippen molar-refractivity contribution in [3.8, 4) is 23.7 Å². The molecule has 20 nitrogen and oxygen atoms in total. The Kier molecular flexibility index (Phi) is 34.7. The minimum Gasteiger partial charge on any atom is -0.394 e. The van der Waals surface area contributed by atoms with Gasteiger partial charge in [-0.25, -0.2) is 4.68 Å². The molecule has 71 heavy (non-hydrogen) atoms. The van der Waals surface area contributed by atoms with Gasteiger partial charge in [0.25, 0.3) is 0 Å². The number of hydrogen-bond donors (Lipinski definition) is 9. The largest absolute Gasteiger partial charge is 0.394 e. The van der Waals surface area contributed by atoms with Crippen molar-refractivity contribution in [2.24, 2.45) is 0 Å². The molecule has 406 valence electrons. The summed E-state index contributed by atoms with van der Waals surface area (Å²) < 4.78 is 34.7. The topological polar surface area (TPSA) is 286 Å². The Balaban J connectivity index is 1.08. The SMILES string of the molecule is CCCCCCCCCCCCC#CC#CCCCCCCCCC(=O)NCc1cn(CCOCCOCCOCC(=O)NCCS[C@@H]2O[C@H](CO)[C@@H](O[C@@H]3O[C@H](CO)[C@H](O)[C@@H](O)C3O)[C@H](O)[C@H]2O)nn1. The molecule has 1 aromatic rings. The minimum absolute atomic E-state index is 0.00621. The predicted molar refractivity (Wildman–Crippen MR) is 265 cm³/mol. The first-order valence-electron chi connectivity index (χ1n) is 25.9. The van der Waals surface area contributed by atoms with Gasteiger partial charge in [0.2, 0.25) is 11.8 Å². The molecule has 2 aliphatic rings. The summed E-state index contributed by atoms with van der Waals surface area (Å²) in [4.78, 5) is 24.5. The van der Waals surface area contributed by atoms with Gasteiger partial charge in [0, 0.05) is 31.6 Å². The van der Waals surface area contributed by atoms with Crippen LogP contribution in [0.1, 0.15) is 135 Å². The normalized spacial score (nSPS) is 24.2. The summed E-state index contributed by atoms with van der Waals surface area (Å²) in [6, 6.07) is 0. The van der Waals surface area contributed by atoms with Crippen molar-refractivity contribution in [1.29, 1.82) is 0 Å². The summed E-state index contributed by atoms with van der Waals surface area (Å²) in [7, 11) is 0. The number of unbranched alkanes of at least 4 members (excludes halogenated alkanes) is 16. The predicted octanol–water partition coefficient (Wildman–Crippen LogP) is 1.86. The summed E-state index contributed by atoms with van der Waals surface area (Å²) in [6.07, 6.45) is 10.2. The van der Waals surface area contributed by atoms with Crippen LogP contribution < -0.4 is 10.6 Å². The molecule has 1 aromatic heterocycles. The first-order valence-corrected chi connectivity index (χ1v) is 27.0. The highest BCUT2D eigenvalue weighted by molar-refractivity contribution is 7.99. The minimum atomic E-state index is -1.75. The number of ether oxygens (including phenoxy) is 6. The fourth-order valence-corrected chi connectivity index (χ4v) is 8.83. The fraction of sp³-hybridized carbons (Fsp3) is 0.840. The van der Waals surface area contributed by atoms with Crippen LogP contribution in [0.5, 0.6) is 0 Å². The second-order valence-electron chi connectivity index (χ2n) is 17.9. The molecule has 2 fully saturated rings. The molecule has 10 atom stereocenters. The van der Waals surface area contributed by atoms with Gasteiger partial charge < -0.3 is 74.8 Å². The van der Waals surface area contributed by atoms with E-state index in [4.69, 9.17) is 28.4 Å². The van der Waals surface area contributed by atoms with E-state index in [0.717, 1.165) is 63.1 Å². The van der Waals surface area contributed by atoms with Crippen molar-refractivity contribution < 1.29 is 73.8 Å². The highest BCUT2D eigenvalue weighted by Gasteiger charge is 2.50. The molecular weight excluding hydrogens is 943 g/mol. The fourth-order valence-electron chi connectivity index (χ4n) is 7.80. The lowest BCUT2D eigenvalue weighted by atomic mass is 9.97. The van der Waals surface area contributed by atoms with Crippen molar-refractivity contribution in [2.75, 3.05) is 65.2 Å². The van der Waals surface area contributed by atoms with Gasteiger partial charge >= 0.3 is 0 Å². The molecule has 0 spiro atoms. The Morgan fingerprint density at radius 1 is 0.676 bits per heavy atom. The van der Waals surface area contributed by atoms with E-state index in [1.54, 1.807) is 10.9 Å². The average Bonchev–Trinajstić information content (AvgIpc) is 3.83. The Bertz CT molecular complexity index is 1670. The molecule has 3 rings (SSSR count). The maximum Gasteiger partial charge on any atom is 0.246 e. The number of aliphatic hydroxyl groups excluding tert-OH is 7. The molecule has 0 saturated carbocycles. The molecule has 0 radical (unpaired) electrons. The van der Waals surface area contributed by atoms with Gasteiger partial charge in [-0.2, -0.15) is 0 Å². The van der Waals surface area contributed by atoms with Crippen molar-refractivity contribution in [3.05, 3.63) is 11.9 Å². The van der Waals surface area contributed by atoms with Gasteiger partial charge in [0.05, 0.1) is 65.5 Å². The zero-order valence-electron chi connectivity index (χ0n) is 41.9. The molecule has 21 heteroatoms. The smallest absolute Gasteiger partial charge is 0.246 e. The highest BCUT2D eigenvalue weighted by atomic mass is 32.2. The van der Waals surface area contributed by atoms with Crippen LogP contribution in [-0.4, -0.2) is 188 Å². The quantitative estimate of drug-likeness (QED) is 0.0336. The van der Waals surface area contributed by atoms with Crippen molar-refractivity contribution in [1.82, 2.24) is 25.6 Å². The van der Waals surface area contributed by atoms with Crippen LogP contribution in [0.3, 0.4) is 0 Å². The van der Waals surface area contributed by atoms with Crippen molar-refractivity contribution in [3.63, 3.8) is 0 Å². The number of thioether (sulfide) groups is 1. The second-order valence-corrected chi connectivity index (χ2v) is 19.1. The zero-order chi connectivity index (χ0) is 51.3. The van der Waals surface area contributed by atoms with Gasteiger partial charge in [0.1, 0.15) is 66.6 Å². The summed E-state index contributed by atoms with van der Waals surface area (Å²) in [5, 5.41) is 84.9. The maximum absolute atomic E-state index is 12.3. The molecule has 2 amide bonds. The van der Waals surface area contributed by atoms with Gasteiger partial charge in [0.15, 0.2) is 6.29 Å². The lowest BCUT2D eigenvalue weighted by molar-refractivity contribution is -0.338. The Morgan fingerprint density at radius 3 is 1.90 bits per heavy atom. The van der Waals surface area contributed by atoms with E-state index in [9.17, 15) is 45.3 Å². The summed E-state index contributed by atoms with van der Waals surface area (Å²) in [6.45, 7) is 3.22. The summed E-state index contributed by atoms with van der Waals surface area (Å²) in [5.74, 6) is 12.3. The van der Waals surface area contributed by atoms with Crippen molar-refractivity contribution in [2.45, 2.75) is 203 Å². The van der Waals surface area contributed by atoms with Crippen LogP contribution in [0.4, 0.5) is 0 Å². The lowest BCUT2D eigenvalue weighted by Gasteiger charge is -2.46. The van der Waals surface area contributed by atoms with E-state index in [0.29, 0.717) is 45.0 Å². The number of aliphatic hydroxyl groups is 7. The number of carbonyl (C=O) groups is 2. The van der Waals surface area contributed by atoms with E-state index < -0.39 is 73.8 Å². The number of rotatable bonds is 39. The van der Waals surface area contributed by atoms with Crippen LogP contribution in [0.25, 0.3) is 0 Å². The monoisotopic (exact) mass is 1030 g/mol. The third-order valence-electron chi connectivity index (χ3n) is 12.0. The molecule has 0 aromatic carbocycles. The molecule has 0 aliphatic carbocycles. The van der Waals surface area contributed by atoms with E-state index in [2.05, 4.69) is 51.6 Å². The maximum atomic E-state index is 12.3. The molecule has 1 unspecified atom stereocenters. The first kappa shape index (κ1) is 62.3.